The van der Waals surface area contributed by atoms with Crippen molar-refractivity contribution >= 4 is 16.9 Å². The van der Waals surface area contributed by atoms with E-state index in [9.17, 15) is 4.79 Å². The van der Waals surface area contributed by atoms with E-state index in [1.807, 2.05) is 25.1 Å². The van der Waals surface area contributed by atoms with Gasteiger partial charge in [-0.2, -0.15) is 0 Å². The minimum Gasteiger partial charge on any atom is -0.346 e. The molecule has 5 nitrogen and oxygen atoms in total. The van der Waals surface area contributed by atoms with Gasteiger partial charge in [0, 0.05) is 11.8 Å². The van der Waals surface area contributed by atoms with Crippen molar-refractivity contribution in [1.29, 1.82) is 0 Å². The van der Waals surface area contributed by atoms with Gasteiger partial charge in [-0.3, -0.25) is 9.78 Å². The molecule has 3 rings (SSSR count). The molecule has 0 saturated carbocycles. The second-order valence-electron chi connectivity index (χ2n) is 4.58. The fourth-order valence-electron chi connectivity index (χ4n) is 2.05. The van der Waals surface area contributed by atoms with Crippen molar-refractivity contribution < 1.29 is 4.79 Å². The number of hydrogen-bond donors (Lipinski definition) is 2. The molecule has 0 aliphatic rings. The van der Waals surface area contributed by atoms with E-state index in [1.54, 1.807) is 24.7 Å². The molecule has 1 aromatic carbocycles. The predicted octanol–water partition coefficient (Wildman–Crippen LogP) is 2.20. The summed E-state index contributed by atoms with van der Waals surface area (Å²) in [6.07, 6.45) is 3.34. The molecule has 2 aromatic heterocycles. The largest absolute Gasteiger partial charge is 0.346 e. The molecule has 0 spiro atoms. The van der Waals surface area contributed by atoms with E-state index in [0.29, 0.717) is 12.1 Å². The zero-order valence-electron chi connectivity index (χ0n) is 11.1. The van der Waals surface area contributed by atoms with Crippen molar-refractivity contribution in [1.82, 2.24) is 20.3 Å². The number of pyridine rings is 1. The number of nitrogens with zero attached hydrogens (tertiary/aromatic N) is 2. The summed E-state index contributed by atoms with van der Waals surface area (Å²) in [5.41, 5.74) is 4.25. The Labute approximate surface area is 116 Å². The van der Waals surface area contributed by atoms with Crippen molar-refractivity contribution in [3.8, 4) is 0 Å². The monoisotopic (exact) mass is 266 g/mol. The minimum atomic E-state index is -0.119. The summed E-state index contributed by atoms with van der Waals surface area (Å²) in [5, 5.41) is 2.88. The van der Waals surface area contributed by atoms with Crippen molar-refractivity contribution in [2.75, 3.05) is 0 Å². The molecule has 0 aliphatic carbocycles. The Kier molecular flexibility index (Phi) is 3.16. The molecule has 0 saturated heterocycles. The highest BCUT2D eigenvalue weighted by atomic mass is 16.1. The molecule has 20 heavy (non-hydrogen) atoms. The zero-order chi connectivity index (χ0) is 13.9. The van der Waals surface area contributed by atoms with E-state index in [-0.39, 0.29) is 5.91 Å². The maximum atomic E-state index is 12.1. The summed E-state index contributed by atoms with van der Waals surface area (Å²) in [7, 11) is 0. The number of aromatic amines is 1. The van der Waals surface area contributed by atoms with Crippen LogP contribution in [0.2, 0.25) is 0 Å². The normalized spacial score (nSPS) is 10.7. The molecule has 0 bridgehead atoms. The molecule has 0 unspecified atom stereocenters. The number of carbonyl (C=O) groups is 1. The van der Waals surface area contributed by atoms with Crippen LogP contribution >= 0.6 is 0 Å². The fourth-order valence-corrected chi connectivity index (χ4v) is 2.05. The standard InChI is InChI=1S/C15H14N4O/c1-10-3-2-6-16-14(10)8-17-15(20)11-4-5-12-13(7-11)19-9-18-12/h2-7,9H,8H2,1H3,(H,17,20)(H,18,19). The average Bonchev–Trinajstić information content (AvgIpc) is 2.93. The lowest BCUT2D eigenvalue weighted by Gasteiger charge is -2.07. The van der Waals surface area contributed by atoms with Gasteiger partial charge >= 0.3 is 0 Å². The molecule has 0 radical (unpaired) electrons. The van der Waals surface area contributed by atoms with Crippen LogP contribution in [0.1, 0.15) is 21.6 Å². The first-order valence-electron chi connectivity index (χ1n) is 6.36. The van der Waals surface area contributed by atoms with Gasteiger partial charge in [0.25, 0.3) is 5.91 Å². The van der Waals surface area contributed by atoms with Gasteiger partial charge in [0.2, 0.25) is 0 Å². The lowest BCUT2D eigenvalue weighted by atomic mass is 10.1. The third kappa shape index (κ3) is 2.38. The summed E-state index contributed by atoms with van der Waals surface area (Å²) in [4.78, 5) is 23.5. The van der Waals surface area contributed by atoms with Crippen molar-refractivity contribution in [2.45, 2.75) is 13.5 Å². The highest BCUT2D eigenvalue weighted by molar-refractivity contribution is 5.97. The molecule has 2 N–H and O–H groups in total. The van der Waals surface area contributed by atoms with Crippen molar-refractivity contribution in [2.24, 2.45) is 0 Å². The Morgan fingerprint density at radius 1 is 1.30 bits per heavy atom. The first-order valence-corrected chi connectivity index (χ1v) is 6.36. The SMILES string of the molecule is Cc1cccnc1CNC(=O)c1ccc2nc[nH]c2c1. The van der Waals surface area contributed by atoms with Gasteiger partial charge < -0.3 is 10.3 Å². The van der Waals surface area contributed by atoms with Gasteiger partial charge in [-0.1, -0.05) is 6.07 Å². The third-order valence-corrected chi connectivity index (χ3v) is 3.22. The number of benzene rings is 1. The van der Waals surface area contributed by atoms with Gasteiger partial charge in [-0.05, 0) is 36.8 Å². The van der Waals surface area contributed by atoms with Crippen molar-refractivity contribution in [3.05, 3.63) is 59.7 Å². The van der Waals surface area contributed by atoms with Gasteiger partial charge in [0.1, 0.15) is 0 Å². The topological polar surface area (TPSA) is 70.7 Å². The molecule has 100 valence electrons. The van der Waals surface area contributed by atoms with Crippen LogP contribution < -0.4 is 5.32 Å². The van der Waals surface area contributed by atoms with Crippen LogP contribution in [0, 0.1) is 6.92 Å². The number of imidazole rings is 1. The molecule has 2 heterocycles. The second-order valence-corrected chi connectivity index (χ2v) is 4.58. The van der Waals surface area contributed by atoms with E-state index in [4.69, 9.17) is 0 Å². The molecular weight excluding hydrogens is 252 g/mol. The zero-order valence-corrected chi connectivity index (χ0v) is 11.1. The Bertz CT molecular complexity index is 763. The number of aryl methyl sites for hydroxylation is 1. The van der Waals surface area contributed by atoms with Gasteiger partial charge in [-0.15, -0.1) is 0 Å². The molecule has 0 atom stereocenters. The van der Waals surface area contributed by atoms with Crippen LogP contribution in [0.15, 0.2) is 42.9 Å². The van der Waals surface area contributed by atoms with Crippen LogP contribution in [0.5, 0.6) is 0 Å². The van der Waals surface area contributed by atoms with E-state index in [2.05, 4.69) is 20.3 Å². The predicted molar refractivity (Wildman–Crippen MR) is 76.2 cm³/mol. The van der Waals surface area contributed by atoms with Gasteiger partial charge in [0.15, 0.2) is 0 Å². The maximum absolute atomic E-state index is 12.1. The third-order valence-electron chi connectivity index (χ3n) is 3.22. The smallest absolute Gasteiger partial charge is 0.251 e. The summed E-state index contributed by atoms with van der Waals surface area (Å²) >= 11 is 0. The van der Waals surface area contributed by atoms with Crippen LogP contribution in [0.25, 0.3) is 11.0 Å². The molecule has 1 amide bonds. The van der Waals surface area contributed by atoms with Crippen LogP contribution in [0.4, 0.5) is 0 Å². The molecule has 0 aliphatic heterocycles. The number of rotatable bonds is 3. The lowest BCUT2D eigenvalue weighted by Crippen LogP contribution is -2.23. The van der Waals surface area contributed by atoms with Crippen molar-refractivity contribution in [3.63, 3.8) is 0 Å². The number of nitrogens with one attached hydrogen (secondary N) is 2. The van der Waals surface area contributed by atoms with Crippen LogP contribution in [-0.4, -0.2) is 20.9 Å². The highest BCUT2D eigenvalue weighted by Crippen LogP contribution is 2.11. The fraction of sp³-hybridized carbons (Fsp3) is 0.133. The number of amides is 1. The van der Waals surface area contributed by atoms with E-state index in [0.717, 1.165) is 22.3 Å². The summed E-state index contributed by atoms with van der Waals surface area (Å²) in [6.45, 7) is 2.40. The molecule has 5 heteroatoms. The second kappa shape index (κ2) is 5.13. The van der Waals surface area contributed by atoms with Crippen LogP contribution in [0.3, 0.4) is 0 Å². The maximum Gasteiger partial charge on any atom is 0.251 e. The van der Waals surface area contributed by atoms with E-state index < -0.39 is 0 Å². The van der Waals surface area contributed by atoms with Crippen LogP contribution in [-0.2, 0) is 6.54 Å². The molecule has 3 aromatic rings. The van der Waals surface area contributed by atoms with Gasteiger partial charge in [-0.25, -0.2) is 4.98 Å². The summed E-state index contributed by atoms with van der Waals surface area (Å²) in [6, 6.07) is 9.25. The van der Waals surface area contributed by atoms with E-state index in [1.165, 1.54) is 0 Å². The Hall–Kier alpha value is -2.69. The van der Waals surface area contributed by atoms with E-state index >= 15 is 0 Å². The lowest BCUT2D eigenvalue weighted by molar-refractivity contribution is 0.0950. The highest BCUT2D eigenvalue weighted by Gasteiger charge is 2.08. The average molecular weight is 266 g/mol. The molecule has 0 fully saturated rings. The first kappa shape index (κ1) is 12.3. The first-order chi connectivity index (χ1) is 9.74. The number of aromatic nitrogens is 3. The molecular formula is C15H14N4O. The number of fused-ring (bicyclic) bond motifs is 1. The summed E-state index contributed by atoms with van der Waals surface area (Å²) < 4.78 is 0. The number of H-pyrrole nitrogens is 1. The quantitative estimate of drug-likeness (QED) is 0.763. The Morgan fingerprint density at radius 2 is 2.20 bits per heavy atom. The summed E-state index contributed by atoms with van der Waals surface area (Å²) in [5.74, 6) is -0.119. The number of hydrogen-bond acceptors (Lipinski definition) is 3. The number of carbonyl (C=O) groups excluding carboxylic acids is 1. The van der Waals surface area contributed by atoms with Gasteiger partial charge in [0.05, 0.1) is 29.6 Å². The minimum absolute atomic E-state index is 0.119. The Balaban J connectivity index is 1.74. The Morgan fingerprint density at radius 3 is 3.05 bits per heavy atom.